The fraction of sp³-hybridized carbons (Fsp3) is 1.00. The molecule has 0 amide bonds. The lowest BCUT2D eigenvalue weighted by Gasteiger charge is -2.69. The standard InChI is InChI=1S/C13H24/c1-5-6-10-7-11-8-12(9(2)3)13(10,11)4/h9-12H,5-8H2,1-4H3. The first-order valence-corrected chi connectivity index (χ1v) is 6.10. The van der Waals surface area contributed by atoms with Crippen LogP contribution in [0.2, 0.25) is 0 Å². The zero-order valence-electron chi connectivity index (χ0n) is 9.64. The molecule has 0 bridgehead atoms. The van der Waals surface area contributed by atoms with Gasteiger partial charge in [-0.25, -0.2) is 0 Å². The summed E-state index contributed by atoms with van der Waals surface area (Å²) in [6.45, 7) is 9.72. The van der Waals surface area contributed by atoms with Crippen LogP contribution in [-0.4, -0.2) is 0 Å². The maximum absolute atomic E-state index is 2.57. The predicted molar refractivity (Wildman–Crippen MR) is 57.6 cm³/mol. The topological polar surface area (TPSA) is 0 Å². The van der Waals surface area contributed by atoms with Gasteiger partial charge in [0.2, 0.25) is 0 Å². The summed E-state index contributed by atoms with van der Waals surface area (Å²) in [6, 6.07) is 0. The van der Waals surface area contributed by atoms with E-state index in [-0.39, 0.29) is 0 Å². The summed E-state index contributed by atoms with van der Waals surface area (Å²) in [5.41, 5.74) is 0.768. The van der Waals surface area contributed by atoms with Crippen LogP contribution in [0.4, 0.5) is 0 Å². The van der Waals surface area contributed by atoms with Crippen LogP contribution < -0.4 is 0 Å². The zero-order chi connectivity index (χ0) is 9.64. The van der Waals surface area contributed by atoms with Crippen LogP contribution in [0.5, 0.6) is 0 Å². The molecule has 2 rings (SSSR count). The minimum atomic E-state index is 0.768. The van der Waals surface area contributed by atoms with Crippen molar-refractivity contribution in [3.05, 3.63) is 0 Å². The Labute approximate surface area is 83.1 Å². The van der Waals surface area contributed by atoms with E-state index in [2.05, 4.69) is 27.7 Å². The molecule has 2 saturated carbocycles. The van der Waals surface area contributed by atoms with Gasteiger partial charge >= 0.3 is 0 Å². The predicted octanol–water partition coefficient (Wildman–Crippen LogP) is 4.10. The number of hydrogen-bond acceptors (Lipinski definition) is 0. The Morgan fingerprint density at radius 3 is 2.46 bits per heavy atom. The highest BCUT2D eigenvalue weighted by Crippen LogP contribution is 2.70. The molecule has 0 spiro atoms. The molecule has 0 radical (unpaired) electrons. The lowest BCUT2D eigenvalue weighted by molar-refractivity contribution is -0.202. The van der Waals surface area contributed by atoms with Gasteiger partial charge in [0.15, 0.2) is 0 Å². The lowest BCUT2D eigenvalue weighted by atomic mass is 9.36. The zero-order valence-corrected chi connectivity index (χ0v) is 9.64. The molecule has 0 nitrogen and oxygen atoms in total. The summed E-state index contributed by atoms with van der Waals surface area (Å²) in [7, 11) is 0. The van der Waals surface area contributed by atoms with Crippen molar-refractivity contribution in [3.63, 3.8) is 0 Å². The first kappa shape index (κ1) is 9.55. The molecule has 76 valence electrons. The molecule has 0 aromatic carbocycles. The SMILES string of the molecule is CCCC1CC2CC(C(C)C)C12C. The smallest absolute Gasteiger partial charge is 0.0238 e. The average Bonchev–Trinajstić information content (AvgIpc) is 2.08. The Morgan fingerprint density at radius 1 is 1.31 bits per heavy atom. The summed E-state index contributed by atoms with van der Waals surface area (Å²) in [5, 5.41) is 0. The Kier molecular flexibility index (Phi) is 2.20. The number of fused-ring (bicyclic) bond motifs is 1. The van der Waals surface area contributed by atoms with Gasteiger partial charge in [0.05, 0.1) is 0 Å². The monoisotopic (exact) mass is 180 g/mol. The highest BCUT2D eigenvalue weighted by Gasteiger charge is 2.62. The largest absolute Gasteiger partial charge is 0.0654 e. The third-order valence-electron chi connectivity index (χ3n) is 5.11. The van der Waals surface area contributed by atoms with Crippen LogP contribution in [0.3, 0.4) is 0 Å². The van der Waals surface area contributed by atoms with Crippen LogP contribution in [0.25, 0.3) is 0 Å². The van der Waals surface area contributed by atoms with E-state index in [4.69, 9.17) is 0 Å². The van der Waals surface area contributed by atoms with E-state index in [1.807, 2.05) is 0 Å². The molecule has 0 aliphatic heterocycles. The Balaban J connectivity index is 1.99. The highest BCUT2D eigenvalue weighted by atomic mass is 14.7. The third kappa shape index (κ3) is 1.10. The van der Waals surface area contributed by atoms with Gasteiger partial charge in [-0.1, -0.05) is 40.5 Å². The molecular weight excluding hydrogens is 156 g/mol. The Morgan fingerprint density at radius 2 is 2.00 bits per heavy atom. The van der Waals surface area contributed by atoms with E-state index >= 15 is 0 Å². The molecule has 2 aliphatic rings. The van der Waals surface area contributed by atoms with E-state index in [9.17, 15) is 0 Å². The van der Waals surface area contributed by atoms with Gasteiger partial charge in [-0.2, -0.15) is 0 Å². The van der Waals surface area contributed by atoms with Crippen molar-refractivity contribution in [3.8, 4) is 0 Å². The average molecular weight is 180 g/mol. The first-order chi connectivity index (χ1) is 6.10. The normalized spacial score (nSPS) is 48.2. The molecule has 2 fully saturated rings. The van der Waals surface area contributed by atoms with E-state index in [1.165, 1.54) is 19.3 Å². The van der Waals surface area contributed by atoms with E-state index in [1.54, 1.807) is 6.42 Å². The second-order valence-electron chi connectivity index (χ2n) is 5.87. The molecule has 13 heavy (non-hydrogen) atoms. The van der Waals surface area contributed by atoms with Crippen molar-refractivity contribution in [2.45, 2.75) is 53.4 Å². The van der Waals surface area contributed by atoms with Gasteiger partial charge in [-0.05, 0) is 41.9 Å². The molecule has 0 saturated heterocycles. The van der Waals surface area contributed by atoms with Crippen molar-refractivity contribution in [2.75, 3.05) is 0 Å². The summed E-state index contributed by atoms with van der Waals surface area (Å²) in [4.78, 5) is 0. The van der Waals surface area contributed by atoms with E-state index < -0.39 is 0 Å². The van der Waals surface area contributed by atoms with Gasteiger partial charge in [-0.15, -0.1) is 0 Å². The fourth-order valence-corrected chi connectivity index (χ4v) is 4.15. The molecule has 4 unspecified atom stereocenters. The summed E-state index contributed by atoms with van der Waals surface area (Å²) in [5.74, 6) is 4.14. The van der Waals surface area contributed by atoms with Gasteiger partial charge in [-0.3, -0.25) is 0 Å². The lowest BCUT2D eigenvalue weighted by Crippen LogP contribution is -2.62. The van der Waals surface area contributed by atoms with Gasteiger partial charge in [0.1, 0.15) is 0 Å². The van der Waals surface area contributed by atoms with Gasteiger partial charge in [0, 0.05) is 0 Å². The second-order valence-corrected chi connectivity index (χ2v) is 5.87. The van der Waals surface area contributed by atoms with Crippen molar-refractivity contribution in [1.82, 2.24) is 0 Å². The summed E-state index contributed by atoms with van der Waals surface area (Å²) < 4.78 is 0. The summed E-state index contributed by atoms with van der Waals surface area (Å²) in [6.07, 6.45) is 5.95. The molecule has 0 heterocycles. The molecular formula is C13H24. The maximum Gasteiger partial charge on any atom is -0.0238 e. The van der Waals surface area contributed by atoms with Crippen LogP contribution in [0.1, 0.15) is 53.4 Å². The van der Waals surface area contributed by atoms with E-state index in [0.717, 1.165) is 29.1 Å². The number of rotatable bonds is 3. The Bertz CT molecular complexity index is 192. The minimum Gasteiger partial charge on any atom is -0.0654 e. The quantitative estimate of drug-likeness (QED) is 0.613. The van der Waals surface area contributed by atoms with Gasteiger partial charge in [0.25, 0.3) is 0 Å². The van der Waals surface area contributed by atoms with Crippen LogP contribution in [-0.2, 0) is 0 Å². The minimum absolute atomic E-state index is 0.768. The molecule has 4 atom stereocenters. The first-order valence-electron chi connectivity index (χ1n) is 6.10. The fourth-order valence-electron chi connectivity index (χ4n) is 4.15. The van der Waals surface area contributed by atoms with Crippen LogP contribution in [0, 0.1) is 29.1 Å². The number of hydrogen-bond donors (Lipinski definition) is 0. The molecule has 2 aliphatic carbocycles. The summed E-state index contributed by atoms with van der Waals surface area (Å²) >= 11 is 0. The third-order valence-corrected chi connectivity index (χ3v) is 5.11. The maximum atomic E-state index is 2.57. The highest BCUT2D eigenvalue weighted by molar-refractivity contribution is 5.11. The van der Waals surface area contributed by atoms with Crippen molar-refractivity contribution in [2.24, 2.45) is 29.1 Å². The van der Waals surface area contributed by atoms with Crippen molar-refractivity contribution < 1.29 is 0 Å². The molecule has 0 aromatic heterocycles. The molecule has 0 aromatic rings. The molecule has 0 heteroatoms. The van der Waals surface area contributed by atoms with Crippen molar-refractivity contribution in [1.29, 1.82) is 0 Å². The second kappa shape index (κ2) is 3.00. The van der Waals surface area contributed by atoms with Gasteiger partial charge < -0.3 is 0 Å². The molecule has 0 N–H and O–H groups in total. The van der Waals surface area contributed by atoms with Crippen LogP contribution in [0.15, 0.2) is 0 Å². The Hall–Kier alpha value is 0. The van der Waals surface area contributed by atoms with Crippen molar-refractivity contribution >= 4 is 0 Å². The van der Waals surface area contributed by atoms with E-state index in [0.29, 0.717) is 0 Å². The van der Waals surface area contributed by atoms with Crippen LogP contribution >= 0.6 is 0 Å².